The second kappa shape index (κ2) is 10.0. The number of carboxylic acids is 1. The van der Waals surface area contributed by atoms with Gasteiger partial charge in [-0.15, -0.1) is 0 Å². The number of nitrogen functional groups attached to an aromatic ring is 1. The first-order valence-corrected chi connectivity index (χ1v) is 9.85. The monoisotopic (exact) mass is 460 g/mol. The van der Waals surface area contributed by atoms with Crippen molar-refractivity contribution in [3.63, 3.8) is 0 Å². The molecule has 0 saturated carbocycles. The molecular weight excluding hydrogens is 441 g/mol. The summed E-state index contributed by atoms with van der Waals surface area (Å²) in [7, 11) is 0. The molecule has 172 valence electrons. The highest BCUT2D eigenvalue weighted by molar-refractivity contribution is 6.11. The number of benzene rings is 2. The summed E-state index contributed by atoms with van der Waals surface area (Å²) in [6.07, 6.45) is 0.636. The lowest BCUT2D eigenvalue weighted by Gasteiger charge is -2.15. The third-order valence-corrected chi connectivity index (χ3v) is 4.75. The lowest BCUT2D eigenvalue weighted by molar-refractivity contribution is -0.137. The van der Waals surface area contributed by atoms with Crippen molar-refractivity contribution in [2.24, 2.45) is 0 Å². The summed E-state index contributed by atoms with van der Waals surface area (Å²) >= 11 is 0. The van der Waals surface area contributed by atoms with Crippen LogP contribution in [-0.2, 0) is 4.79 Å². The number of halogens is 3. The highest BCUT2D eigenvalue weighted by atomic mass is 19.1. The van der Waals surface area contributed by atoms with E-state index in [1.165, 1.54) is 12.1 Å². The Morgan fingerprint density at radius 3 is 2.21 bits per heavy atom. The summed E-state index contributed by atoms with van der Waals surface area (Å²) in [5, 5.41) is 8.60. The molecular formula is C23H19F3N2O5. The summed E-state index contributed by atoms with van der Waals surface area (Å²) in [6, 6.07) is 8.36. The Morgan fingerprint density at radius 2 is 1.61 bits per heavy atom. The van der Waals surface area contributed by atoms with Gasteiger partial charge in [-0.3, -0.25) is 19.0 Å². The summed E-state index contributed by atoms with van der Waals surface area (Å²) < 4.78 is 48.5. The van der Waals surface area contributed by atoms with Crippen molar-refractivity contribution < 1.29 is 32.6 Å². The molecule has 0 aliphatic carbocycles. The molecule has 3 rings (SSSR count). The largest absolute Gasteiger partial charge is 0.493 e. The van der Waals surface area contributed by atoms with Gasteiger partial charge in [0.15, 0.2) is 17.4 Å². The lowest BCUT2D eigenvalue weighted by Crippen LogP contribution is -2.25. The number of nitrogens with two attached hydrogens (primary N) is 1. The Labute approximate surface area is 185 Å². The van der Waals surface area contributed by atoms with Crippen molar-refractivity contribution in [1.82, 2.24) is 4.57 Å². The molecule has 0 radical (unpaired) electrons. The molecule has 10 heteroatoms. The number of aromatic nitrogens is 1. The fraction of sp³-hybridized carbons (Fsp3) is 0.174. The second-order valence-electron chi connectivity index (χ2n) is 7.08. The van der Waals surface area contributed by atoms with Gasteiger partial charge in [0.1, 0.15) is 23.1 Å². The van der Waals surface area contributed by atoms with E-state index in [4.69, 9.17) is 15.6 Å². The predicted molar refractivity (Wildman–Crippen MR) is 113 cm³/mol. The van der Waals surface area contributed by atoms with E-state index in [1.807, 2.05) is 0 Å². The van der Waals surface area contributed by atoms with Gasteiger partial charge < -0.3 is 15.6 Å². The number of nitrogens with zero attached hydrogens (tertiary/aromatic N) is 1. The highest BCUT2D eigenvalue weighted by Crippen LogP contribution is 2.27. The van der Waals surface area contributed by atoms with Gasteiger partial charge in [-0.25, -0.2) is 13.2 Å². The van der Waals surface area contributed by atoms with Crippen LogP contribution < -0.4 is 16.0 Å². The van der Waals surface area contributed by atoms with Crippen molar-refractivity contribution >= 4 is 17.6 Å². The Bertz CT molecular complexity index is 1230. The number of carbonyl (C=O) groups excluding carboxylic acids is 1. The number of hydrogen-bond acceptors (Lipinski definition) is 5. The van der Waals surface area contributed by atoms with Crippen molar-refractivity contribution in [3.05, 3.63) is 87.5 Å². The number of ketones is 1. The van der Waals surface area contributed by atoms with Crippen LogP contribution in [0.4, 0.5) is 19.0 Å². The van der Waals surface area contributed by atoms with Crippen LogP contribution in [0.25, 0.3) is 5.69 Å². The number of rotatable bonds is 9. The number of ether oxygens (including phenoxy) is 1. The molecule has 3 aromatic rings. The quantitative estimate of drug-likeness (QED) is 0.372. The van der Waals surface area contributed by atoms with Crippen LogP contribution >= 0.6 is 0 Å². The lowest BCUT2D eigenvalue weighted by atomic mass is 10.0. The molecule has 0 fully saturated rings. The minimum Gasteiger partial charge on any atom is -0.493 e. The molecule has 2 aromatic carbocycles. The smallest absolute Gasteiger partial charge is 0.303 e. The number of anilines is 1. The predicted octanol–water partition coefficient (Wildman–Crippen LogP) is 3.70. The summed E-state index contributed by atoms with van der Waals surface area (Å²) in [4.78, 5) is 35.6. The van der Waals surface area contributed by atoms with E-state index < -0.39 is 46.3 Å². The zero-order valence-corrected chi connectivity index (χ0v) is 17.2. The van der Waals surface area contributed by atoms with Crippen molar-refractivity contribution in [3.8, 4) is 11.4 Å². The Morgan fingerprint density at radius 1 is 0.970 bits per heavy atom. The molecule has 0 bridgehead atoms. The summed E-state index contributed by atoms with van der Waals surface area (Å²) in [5.41, 5.74) is 4.17. The van der Waals surface area contributed by atoms with E-state index in [1.54, 1.807) is 0 Å². The maximum absolute atomic E-state index is 14.8. The number of unbranched alkanes of at least 4 members (excludes halogenated alkanes) is 1. The van der Waals surface area contributed by atoms with E-state index in [9.17, 15) is 27.6 Å². The molecule has 33 heavy (non-hydrogen) atoms. The summed E-state index contributed by atoms with van der Waals surface area (Å²) in [6.45, 7) is 0.0370. The van der Waals surface area contributed by atoms with Gasteiger partial charge in [0.05, 0.1) is 12.2 Å². The Kier molecular flexibility index (Phi) is 7.17. The SMILES string of the molecule is Nc1c(C(=O)c2ccc(F)cc2)ccc(=O)n1-c1c(F)cc(OCCCCC(=O)O)cc1F. The first-order valence-electron chi connectivity index (χ1n) is 9.85. The number of carbonyl (C=O) groups is 2. The van der Waals surface area contributed by atoms with Gasteiger partial charge in [-0.1, -0.05) is 0 Å². The fourth-order valence-electron chi connectivity index (χ4n) is 3.14. The van der Waals surface area contributed by atoms with Crippen molar-refractivity contribution in [1.29, 1.82) is 0 Å². The first kappa shape index (κ1) is 23.6. The molecule has 0 aliphatic heterocycles. The average molecular weight is 460 g/mol. The molecule has 0 spiro atoms. The second-order valence-corrected chi connectivity index (χ2v) is 7.08. The number of hydrogen-bond donors (Lipinski definition) is 2. The minimum absolute atomic E-state index is 0.0370. The molecule has 0 aliphatic rings. The summed E-state index contributed by atoms with van der Waals surface area (Å²) in [5.74, 6) is -5.14. The van der Waals surface area contributed by atoms with Crippen LogP contribution in [0, 0.1) is 17.5 Å². The van der Waals surface area contributed by atoms with E-state index in [0.29, 0.717) is 17.4 Å². The fourth-order valence-corrected chi connectivity index (χ4v) is 3.14. The van der Waals surface area contributed by atoms with E-state index >= 15 is 0 Å². The van der Waals surface area contributed by atoms with Crippen LogP contribution in [0.5, 0.6) is 5.75 Å². The van der Waals surface area contributed by atoms with Crippen LogP contribution in [0.15, 0.2) is 53.3 Å². The highest BCUT2D eigenvalue weighted by Gasteiger charge is 2.22. The third-order valence-electron chi connectivity index (χ3n) is 4.75. The van der Waals surface area contributed by atoms with Gasteiger partial charge in [0, 0.05) is 30.2 Å². The van der Waals surface area contributed by atoms with Crippen LogP contribution in [0.3, 0.4) is 0 Å². The maximum Gasteiger partial charge on any atom is 0.303 e. The Balaban J connectivity index is 1.92. The van der Waals surface area contributed by atoms with Gasteiger partial charge in [0.2, 0.25) is 0 Å². The first-order chi connectivity index (χ1) is 15.7. The number of pyridine rings is 1. The maximum atomic E-state index is 14.8. The van der Waals surface area contributed by atoms with E-state index in [0.717, 1.165) is 36.4 Å². The molecule has 3 N–H and O–H groups in total. The van der Waals surface area contributed by atoms with Crippen LogP contribution in [-0.4, -0.2) is 28.0 Å². The molecule has 0 unspecified atom stereocenters. The third kappa shape index (κ3) is 5.40. The van der Waals surface area contributed by atoms with Crippen molar-refractivity contribution in [2.45, 2.75) is 19.3 Å². The molecule has 7 nitrogen and oxygen atoms in total. The topological polar surface area (TPSA) is 112 Å². The van der Waals surface area contributed by atoms with Crippen LogP contribution in [0.2, 0.25) is 0 Å². The zero-order chi connectivity index (χ0) is 24.1. The average Bonchev–Trinajstić information content (AvgIpc) is 2.75. The van der Waals surface area contributed by atoms with Crippen molar-refractivity contribution in [2.75, 3.05) is 12.3 Å². The van der Waals surface area contributed by atoms with E-state index in [2.05, 4.69) is 0 Å². The minimum atomic E-state index is -1.16. The van der Waals surface area contributed by atoms with Gasteiger partial charge in [-0.2, -0.15) is 0 Å². The zero-order valence-electron chi connectivity index (χ0n) is 17.2. The van der Waals surface area contributed by atoms with E-state index in [-0.39, 0.29) is 29.9 Å². The van der Waals surface area contributed by atoms with Gasteiger partial charge >= 0.3 is 5.97 Å². The number of aliphatic carboxylic acids is 1. The van der Waals surface area contributed by atoms with Crippen LogP contribution in [0.1, 0.15) is 35.2 Å². The standard InChI is InChI=1S/C23H19F3N2O5/c24-14-6-4-13(5-7-14)22(32)16-8-9-19(29)28(23(16)27)21-17(25)11-15(12-18(21)26)33-10-2-1-3-20(30)31/h4-9,11-12H,1-3,10,27H2,(H,30,31). The molecule has 1 heterocycles. The molecule has 0 atom stereocenters. The molecule has 0 saturated heterocycles. The van der Waals surface area contributed by atoms with Gasteiger partial charge in [0.25, 0.3) is 5.56 Å². The van der Waals surface area contributed by atoms with Gasteiger partial charge in [-0.05, 0) is 43.2 Å². The normalized spacial score (nSPS) is 10.8. The number of carboxylic acid groups (broad SMARTS) is 1. The molecule has 0 amide bonds. The Hall–Kier alpha value is -4.08. The molecule has 1 aromatic heterocycles.